The lowest BCUT2D eigenvalue weighted by molar-refractivity contribution is 0.0697. The molecule has 2 aromatic carbocycles. The summed E-state index contributed by atoms with van der Waals surface area (Å²) in [6.45, 7) is 4.20. The van der Waals surface area contributed by atoms with Crippen LogP contribution < -0.4 is 14.8 Å². The number of rotatable bonds is 11. The number of sulfonamides is 1. The van der Waals surface area contributed by atoms with Gasteiger partial charge in [0.15, 0.2) is 0 Å². The fraction of sp³-hybridized carbons (Fsp3) is 0.381. The van der Waals surface area contributed by atoms with Crippen LogP contribution in [0.2, 0.25) is 0 Å². The average Bonchev–Trinajstić information content (AvgIpc) is 2.68. The second-order valence-electron chi connectivity index (χ2n) is 6.84. The molecule has 7 nitrogen and oxygen atoms in total. The summed E-state index contributed by atoms with van der Waals surface area (Å²) in [6, 6.07) is 11.6. The Morgan fingerprint density at radius 3 is 2.45 bits per heavy atom. The first-order valence-electron chi connectivity index (χ1n) is 9.53. The van der Waals surface area contributed by atoms with Gasteiger partial charge in [0.2, 0.25) is 10.0 Å². The quantitative estimate of drug-likeness (QED) is 0.514. The molecule has 0 unspecified atom stereocenters. The van der Waals surface area contributed by atoms with E-state index >= 15 is 0 Å². The molecule has 0 aliphatic carbocycles. The van der Waals surface area contributed by atoms with Crippen LogP contribution in [0.3, 0.4) is 0 Å². The van der Waals surface area contributed by atoms with E-state index in [2.05, 4.69) is 10.0 Å². The van der Waals surface area contributed by atoms with Gasteiger partial charge in [-0.05, 0) is 55.7 Å². The molecule has 0 spiro atoms. The standard InChI is InChI=1S/C21H28N2O5S/c1-4-5-15(2)23-20-11-10-18(14-19(20)21(24)25)29(26,27)22-13-12-16-6-8-17(28-3)9-7-16/h6-11,14-15,22-23H,4-5,12-13H2,1-3H3,(H,24,25)/t15-/m0/s1. The Morgan fingerprint density at radius 1 is 1.17 bits per heavy atom. The van der Waals surface area contributed by atoms with E-state index in [1.54, 1.807) is 7.11 Å². The van der Waals surface area contributed by atoms with Crippen molar-refractivity contribution in [2.75, 3.05) is 19.0 Å². The number of methoxy groups -OCH3 is 1. The molecule has 1 atom stereocenters. The monoisotopic (exact) mass is 420 g/mol. The zero-order valence-electron chi connectivity index (χ0n) is 16.9. The molecule has 0 radical (unpaired) electrons. The van der Waals surface area contributed by atoms with Gasteiger partial charge in [-0.15, -0.1) is 0 Å². The summed E-state index contributed by atoms with van der Waals surface area (Å²) in [6.07, 6.45) is 2.34. The van der Waals surface area contributed by atoms with Crippen molar-refractivity contribution in [3.63, 3.8) is 0 Å². The van der Waals surface area contributed by atoms with Gasteiger partial charge in [0, 0.05) is 18.3 Å². The molecule has 2 aromatic rings. The number of carboxylic acids is 1. The fourth-order valence-electron chi connectivity index (χ4n) is 2.97. The summed E-state index contributed by atoms with van der Waals surface area (Å²) in [7, 11) is -2.24. The molecule has 0 fully saturated rings. The van der Waals surface area contributed by atoms with Crippen LogP contribution in [0.25, 0.3) is 0 Å². The minimum atomic E-state index is -3.82. The van der Waals surface area contributed by atoms with E-state index in [4.69, 9.17) is 4.74 Å². The van der Waals surface area contributed by atoms with Gasteiger partial charge in [0.1, 0.15) is 5.75 Å². The van der Waals surface area contributed by atoms with Gasteiger partial charge in [0.05, 0.1) is 17.6 Å². The van der Waals surface area contributed by atoms with E-state index in [9.17, 15) is 18.3 Å². The lowest BCUT2D eigenvalue weighted by Gasteiger charge is -2.17. The largest absolute Gasteiger partial charge is 0.497 e. The smallest absolute Gasteiger partial charge is 0.337 e. The Bertz CT molecular complexity index is 927. The second kappa shape index (κ2) is 10.3. The lowest BCUT2D eigenvalue weighted by atomic mass is 10.1. The number of hydrogen-bond donors (Lipinski definition) is 3. The van der Waals surface area contributed by atoms with E-state index in [1.165, 1.54) is 18.2 Å². The Balaban J connectivity index is 2.10. The molecule has 29 heavy (non-hydrogen) atoms. The summed E-state index contributed by atoms with van der Waals surface area (Å²) in [5, 5.41) is 12.6. The number of nitrogens with one attached hydrogen (secondary N) is 2. The van der Waals surface area contributed by atoms with Gasteiger partial charge >= 0.3 is 5.97 Å². The molecule has 0 saturated carbocycles. The molecule has 8 heteroatoms. The first kappa shape index (κ1) is 22.7. The van der Waals surface area contributed by atoms with Gasteiger partial charge in [-0.25, -0.2) is 17.9 Å². The van der Waals surface area contributed by atoms with Gasteiger partial charge in [-0.2, -0.15) is 0 Å². The lowest BCUT2D eigenvalue weighted by Crippen LogP contribution is -2.26. The van der Waals surface area contributed by atoms with Crippen LogP contribution in [0.4, 0.5) is 5.69 Å². The van der Waals surface area contributed by atoms with Crippen LogP contribution >= 0.6 is 0 Å². The zero-order valence-corrected chi connectivity index (χ0v) is 17.8. The highest BCUT2D eigenvalue weighted by molar-refractivity contribution is 7.89. The minimum absolute atomic E-state index is 0.0639. The van der Waals surface area contributed by atoms with E-state index in [1.807, 2.05) is 38.1 Å². The highest BCUT2D eigenvalue weighted by Gasteiger charge is 2.19. The third kappa shape index (κ3) is 6.47. The molecule has 0 aliphatic heterocycles. The molecular formula is C21H28N2O5S. The first-order chi connectivity index (χ1) is 13.8. The molecule has 0 bridgehead atoms. The summed E-state index contributed by atoms with van der Waals surface area (Å²) >= 11 is 0. The van der Waals surface area contributed by atoms with E-state index < -0.39 is 16.0 Å². The normalized spacial score (nSPS) is 12.4. The predicted octanol–water partition coefficient (Wildman–Crippen LogP) is 3.51. The topological polar surface area (TPSA) is 105 Å². The van der Waals surface area contributed by atoms with Crippen molar-refractivity contribution < 1.29 is 23.1 Å². The highest BCUT2D eigenvalue weighted by Crippen LogP contribution is 2.22. The van der Waals surface area contributed by atoms with Crippen LogP contribution in [0.15, 0.2) is 47.4 Å². The molecule has 158 valence electrons. The van der Waals surface area contributed by atoms with Crippen molar-refractivity contribution in [1.82, 2.24) is 4.72 Å². The summed E-state index contributed by atoms with van der Waals surface area (Å²) < 4.78 is 32.8. The van der Waals surface area contributed by atoms with Crippen LogP contribution in [-0.2, 0) is 16.4 Å². The van der Waals surface area contributed by atoms with Crippen molar-refractivity contribution in [3.05, 3.63) is 53.6 Å². The zero-order chi connectivity index (χ0) is 21.4. The first-order valence-corrected chi connectivity index (χ1v) is 11.0. The molecule has 0 heterocycles. The van der Waals surface area contributed by atoms with E-state index in [0.717, 1.165) is 24.2 Å². The minimum Gasteiger partial charge on any atom is -0.497 e. The number of hydrogen-bond acceptors (Lipinski definition) is 5. The number of ether oxygens (including phenoxy) is 1. The van der Waals surface area contributed by atoms with Crippen molar-refractivity contribution >= 4 is 21.7 Å². The Hall–Kier alpha value is -2.58. The molecule has 0 aromatic heterocycles. The maximum absolute atomic E-state index is 12.6. The predicted molar refractivity (Wildman–Crippen MR) is 113 cm³/mol. The van der Waals surface area contributed by atoms with Gasteiger partial charge in [0.25, 0.3) is 0 Å². The Kier molecular flexibility index (Phi) is 8.04. The number of carbonyl (C=O) groups is 1. The Labute approximate surface area is 172 Å². The van der Waals surface area contributed by atoms with E-state index in [-0.39, 0.29) is 23.0 Å². The molecular weight excluding hydrogens is 392 g/mol. The molecule has 0 saturated heterocycles. The molecule has 2 rings (SSSR count). The second-order valence-corrected chi connectivity index (χ2v) is 8.61. The highest BCUT2D eigenvalue weighted by atomic mass is 32.2. The Morgan fingerprint density at radius 2 is 1.86 bits per heavy atom. The van der Waals surface area contributed by atoms with Crippen molar-refractivity contribution in [2.45, 2.75) is 44.0 Å². The fourth-order valence-corrected chi connectivity index (χ4v) is 4.03. The SMILES string of the molecule is CCC[C@H](C)Nc1ccc(S(=O)(=O)NCCc2ccc(OC)cc2)cc1C(=O)O. The van der Waals surface area contributed by atoms with Crippen LogP contribution in [0, 0.1) is 0 Å². The number of benzene rings is 2. The number of carboxylic acid groups (broad SMARTS) is 1. The van der Waals surface area contributed by atoms with Crippen LogP contribution in [0.1, 0.15) is 42.6 Å². The van der Waals surface area contributed by atoms with Gasteiger partial charge in [-0.1, -0.05) is 25.5 Å². The number of aromatic carboxylic acids is 1. The third-order valence-electron chi connectivity index (χ3n) is 4.52. The summed E-state index contributed by atoms with van der Waals surface area (Å²) in [5.41, 5.74) is 1.31. The average molecular weight is 421 g/mol. The molecule has 0 amide bonds. The maximum Gasteiger partial charge on any atom is 0.337 e. The molecule has 0 aliphatic rings. The van der Waals surface area contributed by atoms with Crippen molar-refractivity contribution in [3.8, 4) is 5.75 Å². The van der Waals surface area contributed by atoms with Gasteiger partial charge in [-0.3, -0.25) is 0 Å². The summed E-state index contributed by atoms with van der Waals surface area (Å²) in [4.78, 5) is 11.6. The van der Waals surface area contributed by atoms with Crippen molar-refractivity contribution in [1.29, 1.82) is 0 Å². The van der Waals surface area contributed by atoms with Crippen molar-refractivity contribution in [2.24, 2.45) is 0 Å². The summed E-state index contributed by atoms with van der Waals surface area (Å²) in [5.74, 6) is -0.441. The van der Waals surface area contributed by atoms with Crippen LogP contribution in [0.5, 0.6) is 5.75 Å². The van der Waals surface area contributed by atoms with Gasteiger partial charge < -0.3 is 15.2 Å². The number of anilines is 1. The maximum atomic E-state index is 12.6. The third-order valence-corrected chi connectivity index (χ3v) is 5.98. The molecule has 3 N–H and O–H groups in total. The van der Waals surface area contributed by atoms with Crippen LogP contribution in [-0.4, -0.2) is 39.2 Å². The van der Waals surface area contributed by atoms with E-state index in [0.29, 0.717) is 12.1 Å².